The summed E-state index contributed by atoms with van der Waals surface area (Å²) in [6.45, 7) is 1.82. The quantitative estimate of drug-likeness (QED) is 0.741. The summed E-state index contributed by atoms with van der Waals surface area (Å²) in [5.74, 6) is 0.402. The molecule has 2 heterocycles. The third-order valence-corrected chi connectivity index (χ3v) is 3.70. The maximum Gasteiger partial charge on any atom is 0.433 e. The number of imidazole rings is 1. The first-order valence-electron chi connectivity index (χ1n) is 7.74. The van der Waals surface area contributed by atoms with E-state index in [0.717, 1.165) is 6.20 Å². The Morgan fingerprint density at radius 3 is 2.68 bits per heavy atom. The minimum atomic E-state index is -4.53. The van der Waals surface area contributed by atoms with E-state index < -0.39 is 18.0 Å². The summed E-state index contributed by atoms with van der Waals surface area (Å²) in [6.07, 6.45) is -4.01. The molecule has 0 aliphatic carbocycles. The van der Waals surface area contributed by atoms with Gasteiger partial charge in [0.1, 0.15) is 5.69 Å². The van der Waals surface area contributed by atoms with E-state index >= 15 is 0 Å². The molecule has 0 saturated heterocycles. The van der Waals surface area contributed by atoms with Crippen LogP contribution >= 0.6 is 0 Å². The lowest BCUT2D eigenvalue weighted by Gasteiger charge is -2.15. The number of hydrogen-bond donors (Lipinski definition) is 2. The van der Waals surface area contributed by atoms with Crippen LogP contribution in [0.5, 0.6) is 0 Å². The fraction of sp³-hybridized carbons (Fsp3) is 0.294. The number of halogens is 3. The minimum absolute atomic E-state index is 0.0364. The van der Waals surface area contributed by atoms with Crippen LogP contribution in [0.25, 0.3) is 11.0 Å². The summed E-state index contributed by atoms with van der Waals surface area (Å²) in [5, 5.41) is 12.4. The van der Waals surface area contributed by atoms with Crippen LogP contribution in [0.15, 0.2) is 42.6 Å². The van der Waals surface area contributed by atoms with Gasteiger partial charge >= 0.3 is 6.18 Å². The van der Waals surface area contributed by atoms with E-state index in [0.29, 0.717) is 17.0 Å². The number of rotatable bonds is 5. The Balaban J connectivity index is 2.05. The zero-order valence-corrected chi connectivity index (χ0v) is 13.5. The third kappa shape index (κ3) is 3.74. The van der Waals surface area contributed by atoms with Gasteiger partial charge in [0.25, 0.3) is 0 Å². The van der Waals surface area contributed by atoms with Gasteiger partial charge in [-0.2, -0.15) is 13.2 Å². The molecule has 0 aliphatic heterocycles. The average Bonchev–Trinajstić information content (AvgIpc) is 2.90. The summed E-state index contributed by atoms with van der Waals surface area (Å²) >= 11 is 0. The van der Waals surface area contributed by atoms with Gasteiger partial charge in [-0.25, -0.2) is 4.98 Å². The predicted octanol–water partition coefficient (Wildman–Crippen LogP) is 3.29. The van der Waals surface area contributed by atoms with Crippen LogP contribution in [0.1, 0.15) is 18.2 Å². The van der Waals surface area contributed by atoms with Crippen molar-refractivity contribution in [3.05, 3.63) is 53.9 Å². The largest absolute Gasteiger partial charge is 0.433 e. The summed E-state index contributed by atoms with van der Waals surface area (Å²) in [4.78, 5) is 7.91. The number of alkyl halides is 3. The van der Waals surface area contributed by atoms with Crippen molar-refractivity contribution in [1.29, 1.82) is 0 Å². The zero-order valence-electron chi connectivity index (χ0n) is 13.5. The molecule has 0 aliphatic rings. The van der Waals surface area contributed by atoms with Crippen molar-refractivity contribution >= 4 is 17.0 Å². The molecular weight excluding hydrogens is 333 g/mol. The molecule has 3 aromatic rings. The summed E-state index contributed by atoms with van der Waals surface area (Å²) < 4.78 is 41.3. The van der Waals surface area contributed by atoms with Gasteiger partial charge in [-0.1, -0.05) is 18.2 Å². The molecule has 25 heavy (non-hydrogen) atoms. The van der Waals surface area contributed by atoms with Crippen LogP contribution in [-0.2, 0) is 12.7 Å². The number of para-hydroxylation sites is 2. The third-order valence-electron chi connectivity index (χ3n) is 3.70. The first-order chi connectivity index (χ1) is 11.9. The molecule has 0 fully saturated rings. The molecule has 0 amide bonds. The van der Waals surface area contributed by atoms with Crippen LogP contribution < -0.4 is 5.32 Å². The van der Waals surface area contributed by atoms with E-state index in [-0.39, 0.29) is 18.7 Å². The number of nitrogens with zero attached hydrogens (tertiary/aromatic N) is 3. The molecule has 3 rings (SSSR count). The standard InChI is InChI=1S/C17H17F3N4O/c1-11(25)9-22-16-23-13-6-2-3-7-14(13)24(16)10-12-5-4-8-21-15(12)17(18,19)20/h2-8,11,25H,9-10H2,1H3,(H,22,23). The fourth-order valence-corrected chi connectivity index (χ4v) is 2.60. The van der Waals surface area contributed by atoms with Gasteiger partial charge in [-0.05, 0) is 25.1 Å². The van der Waals surface area contributed by atoms with Crippen LogP contribution in [0.3, 0.4) is 0 Å². The smallest absolute Gasteiger partial charge is 0.392 e. The predicted molar refractivity (Wildman–Crippen MR) is 88.2 cm³/mol. The lowest BCUT2D eigenvalue weighted by atomic mass is 10.2. The number of aliphatic hydroxyl groups is 1. The van der Waals surface area contributed by atoms with E-state index in [4.69, 9.17) is 0 Å². The molecular formula is C17H17F3N4O. The van der Waals surface area contributed by atoms with Crippen molar-refractivity contribution in [2.45, 2.75) is 25.7 Å². The molecule has 1 unspecified atom stereocenters. The number of nitrogens with one attached hydrogen (secondary N) is 1. The first kappa shape index (κ1) is 17.2. The van der Waals surface area contributed by atoms with Crippen LogP contribution in [0.4, 0.5) is 19.1 Å². The highest BCUT2D eigenvalue weighted by Gasteiger charge is 2.35. The van der Waals surface area contributed by atoms with E-state index in [1.807, 2.05) is 6.07 Å². The first-order valence-corrected chi connectivity index (χ1v) is 7.74. The van der Waals surface area contributed by atoms with Gasteiger partial charge in [0.2, 0.25) is 5.95 Å². The van der Waals surface area contributed by atoms with Gasteiger partial charge in [-0.3, -0.25) is 4.98 Å². The molecule has 2 N–H and O–H groups in total. The second kappa shape index (κ2) is 6.72. The zero-order chi connectivity index (χ0) is 18.0. The molecule has 2 aromatic heterocycles. The topological polar surface area (TPSA) is 63.0 Å². The normalized spacial score (nSPS) is 13.2. The van der Waals surface area contributed by atoms with Crippen molar-refractivity contribution in [3.8, 4) is 0 Å². The Kier molecular flexibility index (Phi) is 4.63. The fourth-order valence-electron chi connectivity index (χ4n) is 2.60. The molecule has 5 nitrogen and oxygen atoms in total. The van der Waals surface area contributed by atoms with Gasteiger partial charge in [-0.15, -0.1) is 0 Å². The van der Waals surface area contributed by atoms with Crippen LogP contribution in [-0.4, -0.2) is 32.3 Å². The highest BCUT2D eigenvalue weighted by molar-refractivity contribution is 5.78. The Labute approximate surface area is 142 Å². The Hall–Kier alpha value is -2.61. The second-order valence-electron chi connectivity index (χ2n) is 5.75. The number of benzene rings is 1. The molecule has 0 spiro atoms. The van der Waals surface area contributed by atoms with E-state index in [9.17, 15) is 18.3 Å². The lowest BCUT2D eigenvalue weighted by Crippen LogP contribution is -2.19. The Morgan fingerprint density at radius 2 is 1.96 bits per heavy atom. The van der Waals surface area contributed by atoms with Crippen molar-refractivity contribution in [1.82, 2.24) is 14.5 Å². The van der Waals surface area contributed by atoms with Crippen molar-refractivity contribution in [2.24, 2.45) is 0 Å². The van der Waals surface area contributed by atoms with Crippen LogP contribution in [0.2, 0.25) is 0 Å². The molecule has 1 atom stereocenters. The SMILES string of the molecule is CC(O)CNc1nc2ccccc2n1Cc1cccnc1C(F)(F)F. The Morgan fingerprint density at radius 1 is 1.20 bits per heavy atom. The summed E-state index contributed by atoms with van der Waals surface area (Å²) in [6, 6.07) is 10.1. The maximum atomic E-state index is 13.2. The molecule has 0 bridgehead atoms. The maximum absolute atomic E-state index is 13.2. The highest BCUT2D eigenvalue weighted by atomic mass is 19.4. The van der Waals surface area contributed by atoms with Gasteiger partial charge in [0.15, 0.2) is 0 Å². The van der Waals surface area contributed by atoms with Gasteiger partial charge in [0.05, 0.1) is 23.7 Å². The number of aromatic nitrogens is 3. The average molecular weight is 350 g/mol. The highest BCUT2D eigenvalue weighted by Crippen LogP contribution is 2.31. The van der Waals surface area contributed by atoms with Gasteiger partial charge < -0.3 is 15.0 Å². The monoisotopic (exact) mass is 350 g/mol. The number of hydrogen-bond acceptors (Lipinski definition) is 4. The number of aliphatic hydroxyl groups excluding tert-OH is 1. The van der Waals surface area contributed by atoms with Crippen molar-refractivity contribution < 1.29 is 18.3 Å². The molecule has 0 saturated carbocycles. The minimum Gasteiger partial charge on any atom is -0.392 e. The lowest BCUT2D eigenvalue weighted by molar-refractivity contribution is -0.141. The molecule has 132 valence electrons. The van der Waals surface area contributed by atoms with E-state index in [1.165, 1.54) is 12.1 Å². The van der Waals surface area contributed by atoms with Crippen molar-refractivity contribution in [2.75, 3.05) is 11.9 Å². The van der Waals surface area contributed by atoms with E-state index in [1.54, 1.807) is 29.7 Å². The van der Waals surface area contributed by atoms with E-state index in [2.05, 4.69) is 15.3 Å². The Bertz CT molecular complexity index is 874. The van der Waals surface area contributed by atoms with Crippen molar-refractivity contribution in [3.63, 3.8) is 0 Å². The molecule has 8 heteroatoms. The number of pyridine rings is 1. The van der Waals surface area contributed by atoms with Crippen LogP contribution in [0, 0.1) is 0 Å². The molecule has 0 radical (unpaired) electrons. The summed E-state index contributed by atoms with van der Waals surface area (Å²) in [7, 11) is 0. The number of fused-ring (bicyclic) bond motifs is 1. The number of anilines is 1. The summed E-state index contributed by atoms with van der Waals surface area (Å²) in [5.41, 5.74) is 0.508. The van der Waals surface area contributed by atoms with Gasteiger partial charge in [0, 0.05) is 18.3 Å². The second-order valence-corrected chi connectivity index (χ2v) is 5.75. The molecule has 1 aromatic carbocycles.